The van der Waals surface area contributed by atoms with Gasteiger partial charge in [-0.05, 0) is 18.4 Å². The Morgan fingerprint density at radius 1 is 1.58 bits per heavy atom. The lowest BCUT2D eigenvalue weighted by molar-refractivity contribution is -0.144. The molecule has 8 heteroatoms. The van der Waals surface area contributed by atoms with Gasteiger partial charge in [0.1, 0.15) is 5.76 Å². The third kappa shape index (κ3) is 2.53. The first-order valence-electron chi connectivity index (χ1n) is 7.62. The molecule has 0 aliphatic carbocycles. The van der Waals surface area contributed by atoms with Crippen molar-refractivity contribution in [2.45, 2.75) is 25.9 Å². The number of aryl methyl sites for hydroxylation is 1. The van der Waals surface area contributed by atoms with Gasteiger partial charge in [0.05, 0.1) is 22.6 Å². The fraction of sp³-hybridized carbons (Fsp3) is 0.312. The van der Waals surface area contributed by atoms with Crippen molar-refractivity contribution in [3.05, 3.63) is 46.7 Å². The maximum atomic E-state index is 11.8. The van der Waals surface area contributed by atoms with Gasteiger partial charge in [0.2, 0.25) is 5.89 Å². The number of rotatable bonds is 4. The molecule has 0 saturated carbocycles. The highest BCUT2D eigenvalue weighted by atomic mass is 32.1. The lowest BCUT2D eigenvalue weighted by Crippen LogP contribution is -2.39. The van der Waals surface area contributed by atoms with E-state index in [9.17, 15) is 9.90 Å². The Labute approximate surface area is 142 Å². The van der Waals surface area contributed by atoms with Crippen LogP contribution in [0.4, 0.5) is 0 Å². The van der Waals surface area contributed by atoms with Crippen molar-refractivity contribution in [3.63, 3.8) is 0 Å². The second kappa shape index (κ2) is 5.88. The average molecular weight is 344 g/mol. The number of oxazole rings is 1. The fourth-order valence-corrected chi connectivity index (χ4v) is 3.69. The summed E-state index contributed by atoms with van der Waals surface area (Å²) in [6.07, 6.45) is 2.30. The molecule has 0 amide bonds. The summed E-state index contributed by atoms with van der Waals surface area (Å²) in [6.45, 7) is 2.91. The topological polar surface area (TPSA) is 95.3 Å². The van der Waals surface area contributed by atoms with Crippen LogP contribution in [0.25, 0.3) is 10.8 Å². The summed E-state index contributed by atoms with van der Waals surface area (Å²) >= 11 is 1.56. The number of carboxylic acids is 1. The van der Waals surface area contributed by atoms with Gasteiger partial charge in [-0.25, -0.2) is 9.97 Å². The highest BCUT2D eigenvalue weighted by Crippen LogP contribution is 2.31. The van der Waals surface area contributed by atoms with Crippen molar-refractivity contribution in [3.8, 4) is 10.8 Å². The molecule has 0 bridgehead atoms. The van der Waals surface area contributed by atoms with E-state index in [4.69, 9.17) is 4.42 Å². The molecule has 1 atom stereocenters. The Hall–Kier alpha value is -2.45. The van der Waals surface area contributed by atoms with Crippen molar-refractivity contribution in [2.75, 3.05) is 6.54 Å². The zero-order valence-corrected chi connectivity index (χ0v) is 13.8. The number of fused-ring (bicyclic) bond motifs is 1. The third-order valence-corrected chi connectivity index (χ3v) is 5.09. The van der Waals surface area contributed by atoms with E-state index in [2.05, 4.69) is 15.0 Å². The Kier molecular flexibility index (Phi) is 3.70. The van der Waals surface area contributed by atoms with Crippen molar-refractivity contribution in [1.29, 1.82) is 0 Å². The van der Waals surface area contributed by atoms with Crippen LogP contribution in [0.2, 0.25) is 0 Å². The number of H-pyrrole nitrogens is 1. The number of thiophene rings is 1. The lowest BCUT2D eigenvalue weighted by Gasteiger charge is -2.31. The molecule has 0 aromatic carbocycles. The van der Waals surface area contributed by atoms with E-state index in [-0.39, 0.29) is 0 Å². The normalized spacial score (nSPS) is 17.8. The average Bonchev–Trinajstić information content (AvgIpc) is 3.27. The molecule has 0 fully saturated rings. The molecule has 0 spiro atoms. The van der Waals surface area contributed by atoms with E-state index in [1.807, 2.05) is 29.3 Å². The molecule has 1 aliphatic heterocycles. The van der Waals surface area contributed by atoms with Crippen molar-refractivity contribution in [1.82, 2.24) is 19.9 Å². The second-order valence-electron chi connectivity index (χ2n) is 5.73. The Balaban J connectivity index is 1.62. The summed E-state index contributed by atoms with van der Waals surface area (Å²) in [4.78, 5) is 26.4. The summed E-state index contributed by atoms with van der Waals surface area (Å²) in [6, 6.07) is 3.14. The number of carbonyl (C=O) groups is 1. The van der Waals surface area contributed by atoms with E-state index in [0.29, 0.717) is 24.7 Å². The van der Waals surface area contributed by atoms with E-state index >= 15 is 0 Å². The predicted molar refractivity (Wildman–Crippen MR) is 87.6 cm³/mol. The van der Waals surface area contributed by atoms with Crippen molar-refractivity contribution < 1.29 is 14.3 Å². The van der Waals surface area contributed by atoms with Crippen LogP contribution >= 0.6 is 11.3 Å². The lowest BCUT2D eigenvalue weighted by atomic mass is 10.0. The van der Waals surface area contributed by atoms with Gasteiger partial charge in [0.15, 0.2) is 6.04 Å². The number of hydrogen-bond donors (Lipinski definition) is 2. The summed E-state index contributed by atoms with van der Waals surface area (Å²) in [7, 11) is 0. The van der Waals surface area contributed by atoms with E-state index in [1.165, 1.54) is 0 Å². The van der Waals surface area contributed by atoms with E-state index < -0.39 is 12.0 Å². The smallest absolute Gasteiger partial charge is 0.327 e. The number of imidazole rings is 1. The van der Waals surface area contributed by atoms with E-state index in [0.717, 1.165) is 28.4 Å². The molecular formula is C16H16N4O3S. The zero-order valence-electron chi connectivity index (χ0n) is 13.0. The van der Waals surface area contributed by atoms with Gasteiger partial charge in [-0.2, -0.15) is 0 Å². The Morgan fingerprint density at radius 2 is 2.46 bits per heavy atom. The number of carboxylic acid groups (broad SMARTS) is 1. The molecule has 0 saturated heterocycles. The van der Waals surface area contributed by atoms with Gasteiger partial charge < -0.3 is 14.5 Å². The van der Waals surface area contributed by atoms with Crippen LogP contribution in [0.15, 0.2) is 28.3 Å². The molecule has 4 heterocycles. The number of hydrogen-bond acceptors (Lipinski definition) is 6. The van der Waals surface area contributed by atoms with Crippen LogP contribution in [0.3, 0.4) is 0 Å². The van der Waals surface area contributed by atoms with Crippen LogP contribution in [0.5, 0.6) is 0 Å². The first-order chi connectivity index (χ1) is 11.6. The molecule has 0 radical (unpaired) electrons. The molecule has 1 aliphatic rings. The summed E-state index contributed by atoms with van der Waals surface area (Å²) < 4.78 is 5.75. The first kappa shape index (κ1) is 15.1. The third-order valence-electron chi connectivity index (χ3n) is 4.24. The molecule has 2 N–H and O–H groups in total. The number of aromatic amines is 1. The summed E-state index contributed by atoms with van der Waals surface area (Å²) in [5.41, 5.74) is 2.26. The molecule has 3 aromatic rings. The van der Waals surface area contributed by atoms with Crippen molar-refractivity contribution >= 4 is 17.3 Å². The Morgan fingerprint density at radius 3 is 3.21 bits per heavy atom. The van der Waals surface area contributed by atoms with Crippen LogP contribution in [-0.2, 0) is 17.8 Å². The van der Waals surface area contributed by atoms with E-state index in [1.54, 1.807) is 17.7 Å². The highest BCUT2D eigenvalue weighted by molar-refractivity contribution is 7.13. The standard InChI is InChI=1S/C16H16N4O3S/c1-9-11(19-15(23-9)12-3-2-6-24-12)7-20-5-4-10-13(18-8-17-10)14(20)16(21)22/h2-3,6,8,14H,4-5,7H2,1H3,(H,17,18)(H,21,22)/t14-/m0/s1. The van der Waals surface area contributed by atoms with Crippen LogP contribution in [0.1, 0.15) is 28.9 Å². The van der Waals surface area contributed by atoms with Gasteiger partial charge in [-0.3, -0.25) is 9.69 Å². The van der Waals surface area contributed by atoms with Crippen LogP contribution in [-0.4, -0.2) is 37.5 Å². The van der Waals surface area contributed by atoms with Crippen LogP contribution in [0, 0.1) is 6.92 Å². The zero-order chi connectivity index (χ0) is 16.7. The Bertz CT molecular complexity index is 868. The molecular weight excluding hydrogens is 328 g/mol. The SMILES string of the molecule is Cc1oc(-c2cccs2)nc1CN1CCc2[nH]cnc2[C@H]1C(=O)O. The molecule has 0 unspecified atom stereocenters. The predicted octanol–water partition coefficient (Wildman–Crippen LogP) is 2.62. The number of aliphatic carboxylic acids is 1. The quantitative estimate of drug-likeness (QED) is 0.755. The minimum absolute atomic E-state index is 0.421. The summed E-state index contributed by atoms with van der Waals surface area (Å²) in [5.74, 6) is 0.403. The second-order valence-corrected chi connectivity index (χ2v) is 6.67. The van der Waals surface area contributed by atoms with Gasteiger partial charge in [-0.1, -0.05) is 6.07 Å². The minimum atomic E-state index is -0.900. The largest absolute Gasteiger partial charge is 0.480 e. The maximum absolute atomic E-state index is 11.8. The molecule has 124 valence electrons. The molecule has 3 aromatic heterocycles. The van der Waals surface area contributed by atoms with Crippen molar-refractivity contribution in [2.24, 2.45) is 0 Å². The fourth-order valence-electron chi connectivity index (χ4n) is 3.04. The highest BCUT2D eigenvalue weighted by Gasteiger charge is 2.35. The van der Waals surface area contributed by atoms with Crippen LogP contribution < -0.4 is 0 Å². The monoisotopic (exact) mass is 344 g/mol. The number of nitrogens with zero attached hydrogens (tertiary/aromatic N) is 3. The molecule has 7 nitrogen and oxygen atoms in total. The van der Waals surface area contributed by atoms with Gasteiger partial charge >= 0.3 is 5.97 Å². The first-order valence-corrected chi connectivity index (χ1v) is 8.50. The molecule has 24 heavy (non-hydrogen) atoms. The maximum Gasteiger partial charge on any atom is 0.327 e. The van der Waals surface area contributed by atoms with Gasteiger partial charge in [0, 0.05) is 25.2 Å². The van der Waals surface area contributed by atoms with Gasteiger partial charge in [-0.15, -0.1) is 11.3 Å². The minimum Gasteiger partial charge on any atom is -0.480 e. The number of aromatic nitrogens is 3. The van der Waals surface area contributed by atoms with Gasteiger partial charge in [0.25, 0.3) is 0 Å². The number of nitrogens with one attached hydrogen (secondary N) is 1. The molecule has 4 rings (SSSR count). The summed E-state index contributed by atoms with van der Waals surface area (Å²) in [5, 5.41) is 11.6.